The molecule has 0 atom stereocenters. The Morgan fingerprint density at radius 2 is 1.75 bits per heavy atom. The molecule has 0 saturated carbocycles. The van der Waals surface area contributed by atoms with Crippen LogP contribution in [-0.2, 0) is 13.0 Å². The minimum atomic E-state index is -0.152. The zero-order valence-corrected chi connectivity index (χ0v) is 14.1. The molecule has 2 aromatic carbocycles. The standard InChI is InChI=1S/C19H19N3OS/c23-18-20-21-19(22(18)14-13-17-10-5-2-6-11-17)24-15-7-12-16-8-3-1-4-9-16/h1-12H,13-15H2,(H,20,23)/b12-7+. The van der Waals surface area contributed by atoms with E-state index in [1.54, 1.807) is 16.3 Å². The van der Waals surface area contributed by atoms with Gasteiger partial charge in [-0.05, 0) is 17.5 Å². The van der Waals surface area contributed by atoms with E-state index in [1.807, 2.05) is 36.4 Å². The fourth-order valence-corrected chi connectivity index (χ4v) is 3.15. The lowest BCUT2D eigenvalue weighted by molar-refractivity contribution is 0.616. The Bertz CT molecular complexity index is 838. The van der Waals surface area contributed by atoms with E-state index in [-0.39, 0.29) is 5.69 Å². The number of nitrogens with one attached hydrogen (secondary N) is 1. The zero-order chi connectivity index (χ0) is 16.6. The molecular formula is C19H19N3OS. The Labute approximate surface area is 145 Å². The van der Waals surface area contributed by atoms with E-state index in [1.165, 1.54) is 11.1 Å². The van der Waals surface area contributed by atoms with Crippen LogP contribution in [0.5, 0.6) is 0 Å². The molecule has 3 aromatic rings. The van der Waals surface area contributed by atoms with Crippen LogP contribution >= 0.6 is 11.8 Å². The van der Waals surface area contributed by atoms with Gasteiger partial charge in [-0.1, -0.05) is 84.6 Å². The van der Waals surface area contributed by atoms with Crippen LogP contribution in [0.15, 0.2) is 76.7 Å². The van der Waals surface area contributed by atoms with Gasteiger partial charge < -0.3 is 0 Å². The molecule has 122 valence electrons. The second-order valence-electron chi connectivity index (χ2n) is 5.32. The number of aromatic nitrogens is 3. The number of rotatable bonds is 7. The van der Waals surface area contributed by atoms with Gasteiger partial charge >= 0.3 is 5.69 Å². The van der Waals surface area contributed by atoms with E-state index < -0.39 is 0 Å². The first-order valence-electron chi connectivity index (χ1n) is 7.86. The molecular weight excluding hydrogens is 318 g/mol. The van der Waals surface area contributed by atoms with Crippen molar-refractivity contribution in [1.82, 2.24) is 14.8 Å². The lowest BCUT2D eigenvalue weighted by Crippen LogP contribution is -2.18. The summed E-state index contributed by atoms with van der Waals surface area (Å²) in [6.45, 7) is 0.629. The fraction of sp³-hybridized carbons (Fsp3) is 0.158. The Morgan fingerprint density at radius 3 is 2.50 bits per heavy atom. The molecule has 1 heterocycles. The largest absolute Gasteiger partial charge is 0.343 e. The Hall–Kier alpha value is -2.53. The van der Waals surface area contributed by atoms with Crippen LogP contribution < -0.4 is 5.69 Å². The number of aromatic amines is 1. The fourth-order valence-electron chi connectivity index (χ4n) is 2.37. The smallest absolute Gasteiger partial charge is 0.270 e. The number of H-pyrrole nitrogens is 1. The second-order valence-corrected chi connectivity index (χ2v) is 6.31. The summed E-state index contributed by atoms with van der Waals surface area (Å²) in [5.41, 5.74) is 2.23. The van der Waals surface area contributed by atoms with Crippen LogP contribution in [0.3, 0.4) is 0 Å². The molecule has 5 heteroatoms. The van der Waals surface area contributed by atoms with Gasteiger partial charge in [-0.25, -0.2) is 9.89 Å². The highest BCUT2D eigenvalue weighted by Gasteiger charge is 2.08. The summed E-state index contributed by atoms with van der Waals surface area (Å²) in [4.78, 5) is 11.9. The van der Waals surface area contributed by atoms with Crippen molar-refractivity contribution in [2.45, 2.75) is 18.1 Å². The van der Waals surface area contributed by atoms with E-state index in [0.29, 0.717) is 6.54 Å². The maximum atomic E-state index is 11.9. The van der Waals surface area contributed by atoms with Gasteiger partial charge in [-0.2, -0.15) is 0 Å². The van der Waals surface area contributed by atoms with Crippen molar-refractivity contribution in [2.75, 3.05) is 5.75 Å². The van der Waals surface area contributed by atoms with Crippen molar-refractivity contribution in [2.24, 2.45) is 0 Å². The molecule has 0 fully saturated rings. The number of hydrogen-bond acceptors (Lipinski definition) is 3. The van der Waals surface area contributed by atoms with Crippen LogP contribution in [0.4, 0.5) is 0 Å². The lowest BCUT2D eigenvalue weighted by Gasteiger charge is -2.04. The molecule has 0 bridgehead atoms. The molecule has 1 N–H and O–H groups in total. The summed E-state index contributed by atoms with van der Waals surface area (Å²) in [5, 5.41) is 7.40. The summed E-state index contributed by atoms with van der Waals surface area (Å²) in [7, 11) is 0. The average molecular weight is 337 g/mol. The van der Waals surface area contributed by atoms with Crippen LogP contribution in [-0.4, -0.2) is 20.5 Å². The van der Waals surface area contributed by atoms with Gasteiger partial charge in [-0.15, -0.1) is 5.10 Å². The molecule has 0 unspecified atom stereocenters. The normalized spacial score (nSPS) is 11.2. The van der Waals surface area contributed by atoms with Crippen LogP contribution in [0.2, 0.25) is 0 Å². The third kappa shape index (κ3) is 4.49. The summed E-state index contributed by atoms with van der Waals surface area (Å²) in [6.07, 6.45) is 4.97. The predicted molar refractivity (Wildman–Crippen MR) is 99.2 cm³/mol. The monoisotopic (exact) mass is 337 g/mol. The van der Waals surface area contributed by atoms with E-state index in [9.17, 15) is 4.79 Å². The maximum absolute atomic E-state index is 11.9. The number of thioether (sulfide) groups is 1. The number of hydrogen-bond donors (Lipinski definition) is 1. The Kier molecular flexibility index (Phi) is 5.69. The molecule has 24 heavy (non-hydrogen) atoms. The van der Waals surface area contributed by atoms with Crippen molar-refractivity contribution < 1.29 is 0 Å². The minimum absolute atomic E-state index is 0.152. The van der Waals surface area contributed by atoms with Gasteiger partial charge in [0.2, 0.25) is 0 Å². The molecule has 0 aliphatic carbocycles. The summed E-state index contributed by atoms with van der Waals surface area (Å²) < 4.78 is 1.70. The molecule has 0 amide bonds. The third-order valence-electron chi connectivity index (χ3n) is 3.61. The van der Waals surface area contributed by atoms with Gasteiger partial charge in [-0.3, -0.25) is 4.57 Å². The maximum Gasteiger partial charge on any atom is 0.343 e. The van der Waals surface area contributed by atoms with Crippen molar-refractivity contribution in [3.63, 3.8) is 0 Å². The topological polar surface area (TPSA) is 50.7 Å². The Morgan fingerprint density at radius 1 is 1.04 bits per heavy atom. The molecule has 3 rings (SSSR count). The first kappa shape index (κ1) is 16.3. The number of nitrogens with zero attached hydrogens (tertiary/aromatic N) is 2. The van der Waals surface area contributed by atoms with Gasteiger partial charge in [0.25, 0.3) is 0 Å². The van der Waals surface area contributed by atoms with E-state index >= 15 is 0 Å². The highest BCUT2D eigenvalue weighted by molar-refractivity contribution is 7.99. The van der Waals surface area contributed by atoms with Crippen molar-refractivity contribution in [1.29, 1.82) is 0 Å². The predicted octanol–water partition coefficient (Wildman–Crippen LogP) is 3.62. The van der Waals surface area contributed by atoms with Crippen LogP contribution in [0.25, 0.3) is 6.08 Å². The molecule has 0 aliphatic heterocycles. The quantitative estimate of drug-likeness (QED) is 0.670. The molecule has 0 saturated heterocycles. The van der Waals surface area contributed by atoms with Crippen molar-refractivity contribution >= 4 is 17.8 Å². The average Bonchev–Trinajstić information content (AvgIpc) is 2.98. The van der Waals surface area contributed by atoms with Crippen molar-refractivity contribution in [3.8, 4) is 0 Å². The highest BCUT2D eigenvalue weighted by atomic mass is 32.2. The highest BCUT2D eigenvalue weighted by Crippen LogP contribution is 2.14. The van der Waals surface area contributed by atoms with Crippen LogP contribution in [0, 0.1) is 0 Å². The Balaban J connectivity index is 1.58. The zero-order valence-electron chi connectivity index (χ0n) is 13.3. The molecule has 1 aromatic heterocycles. The van der Waals surface area contributed by atoms with Crippen molar-refractivity contribution in [3.05, 3.63) is 88.4 Å². The second kappa shape index (κ2) is 8.36. The van der Waals surface area contributed by atoms with E-state index in [4.69, 9.17) is 0 Å². The molecule has 0 radical (unpaired) electrons. The first-order chi connectivity index (χ1) is 11.8. The van der Waals surface area contributed by atoms with Gasteiger partial charge in [0, 0.05) is 12.3 Å². The molecule has 0 aliphatic rings. The summed E-state index contributed by atoms with van der Waals surface area (Å²) >= 11 is 1.56. The van der Waals surface area contributed by atoms with E-state index in [2.05, 4.69) is 46.6 Å². The minimum Gasteiger partial charge on any atom is -0.270 e. The van der Waals surface area contributed by atoms with Gasteiger partial charge in [0.05, 0.1) is 0 Å². The van der Waals surface area contributed by atoms with Crippen LogP contribution in [0.1, 0.15) is 11.1 Å². The lowest BCUT2D eigenvalue weighted by atomic mass is 10.1. The molecule has 4 nitrogen and oxygen atoms in total. The number of benzene rings is 2. The number of aryl methyl sites for hydroxylation is 1. The SMILES string of the molecule is O=c1[nH]nc(SC/C=C/c2ccccc2)n1CCc1ccccc1. The molecule has 0 spiro atoms. The first-order valence-corrected chi connectivity index (χ1v) is 8.85. The third-order valence-corrected chi connectivity index (χ3v) is 4.54. The summed E-state index contributed by atoms with van der Waals surface area (Å²) in [6, 6.07) is 20.3. The summed E-state index contributed by atoms with van der Waals surface area (Å²) in [5.74, 6) is 0.768. The van der Waals surface area contributed by atoms with Gasteiger partial charge in [0.15, 0.2) is 5.16 Å². The van der Waals surface area contributed by atoms with Gasteiger partial charge in [0.1, 0.15) is 0 Å². The van der Waals surface area contributed by atoms with E-state index in [0.717, 1.165) is 17.3 Å².